The first-order valence-electron chi connectivity index (χ1n) is 6.68. The van der Waals surface area contributed by atoms with Gasteiger partial charge in [0.05, 0.1) is 0 Å². The summed E-state index contributed by atoms with van der Waals surface area (Å²) in [5.74, 6) is -0.151. The molecule has 0 aromatic heterocycles. The fourth-order valence-electron chi connectivity index (χ4n) is 2.52. The van der Waals surface area contributed by atoms with Crippen LogP contribution in [0.4, 0.5) is 0 Å². The highest BCUT2D eigenvalue weighted by atomic mass is 79.9. The van der Waals surface area contributed by atoms with E-state index in [4.69, 9.17) is 0 Å². The van der Waals surface area contributed by atoms with Crippen molar-refractivity contribution in [3.05, 3.63) is 28.2 Å². The standard InChI is InChI=1S/C14H18BrNO3S/c1-3-4-11-8-14(17)16(9-11)20(18,19)13-6-5-10(2)7-12(13)15/h5-7,11H,3-4,8-9H2,1-2H3. The predicted octanol–water partition coefficient (Wildman–Crippen LogP) is 3.09. The number of sulfonamides is 1. The Bertz CT molecular complexity index is 627. The van der Waals surface area contributed by atoms with E-state index in [1.807, 2.05) is 13.8 Å². The van der Waals surface area contributed by atoms with Gasteiger partial charge in [-0.05, 0) is 52.9 Å². The average molecular weight is 360 g/mol. The van der Waals surface area contributed by atoms with Gasteiger partial charge in [-0.1, -0.05) is 19.4 Å². The van der Waals surface area contributed by atoms with Gasteiger partial charge in [0, 0.05) is 17.4 Å². The molecular weight excluding hydrogens is 342 g/mol. The SMILES string of the molecule is CCCC1CC(=O)N(S(=O)(=O)c2ccc(C)cc2Br)C1. The van der Waals surface area contributed by atoms with E-state index >= 15 is 0 Å². The summed E-state index contributed by atoms with van der Waals surface area (Å²) in [6.07, 6.45) is 2.17. The molecule has 2 rings (SSSR count). The van der Waals surface area contributed by atoms with Crippen LogP contribution in [0.2, 0.25) is 0 Å². The lowest BCUT2D eigenvalue weighted by Crippen LogP contribution is -2.32. The minimum absolute atomic E-state index is 0.145. The normalized spacial score (nSPS) is 19.6. The highest BCUT2D eigenvalue weighted by Crippen LogP contribution is 2.31. The molecular formula is C14H18BrNO3S. The number of aryl methyl sites for hydroxylation is 1. The monoisotopic (exact) mass is 359 g/mol. The molecule has 1 aromatic rings. The summed E-state index contributed by atoms with van der Waals surface area (Å²) >= 11 is 3.28. The number of rotatable bonds is 4. The molecule has 0 aliphatic carbocycles. The van der Waals surface area contributed by atoms with Crippen molar-refractivity contribution in [1.82, 2.24) is 4.31 Å². The molecule has 1 amide bonds. The number of hydrogen-bond acceptors (Lipinski definition) is 3. The summed E-state index contributed by atoms with van der Waals surface area (Å²) in [6, 6.07) is 5.04. The first-order chi connectivity index (χ1) is 9.36. The number of carbonyl (C=O) groups is 1. The Balaban J connectivity index is 2.33. The minimum Gasteiger partial charge on any atom is -0.274 e. The molecule has 1 aromatic carbocycles. The van der Waals surface area contributed by atoms with Crippen molar-refractivity contribution in [2.45, 2.75) is 38.0 Å². The maximum absolute atomic E-state index is 12.6. The largest absolute Gasteiger partial charge is 0.274 e. The molecule has 1 fully saturated rings. The van der Waals surface area contributed by atoms with Gasteiger partial charge in [-0.2, -0.15) is 0 Å². The third kappa shape index (κ3) is 2.91. The van der Waals surface area contributed by atoms with E-state index in [2.05, 4.69) is 15.9 Å². The summed E-state index contributed by atoms with van der Waals surface area (Å²) in [7, 11) is -3.75. The molecule has 6 heteroatoms. The van der Waals surface area contributed by atoms with Crippen LogP contribution in [0.1, 0.15) is 31.7 Å². The molecule has 0 saturated carbocycles. The molecule has 0 radical (unpaired) electrons. The zero-order chi connectivity index (χ0) is 14.9. The fourth-order valence-corrected chi connectivity index (χ4v) is 5.16. The van der Waals surface area contributed by atoms with Crippen molar-refractivity contribution in [3.63, 3.8) is 0 Å². The van der Waals surface area contributed by atoms with Crippen molar-refractivity contribution in [2.24, 2.45) is 5.92 Å². The van der Waals surface area contributed by atoms with Crippen LogP contribution < -0.4 is 0 Å². The molecule has 1 saturated heterocycles. The summed E-state index contributed by atoms with van der Waals surface area (Å²) < 4.78 is 26.7. The Morgan fingerprint density at radius 1 is 1.40 bits per heavy atom. The molecule has 0 bridgehead atoms. The number of carbonyl (C=O) groups excluding carboxylic acids is 1. The van der Waals surface area contributed by atoms with E-state index in [-0.39, 0.29) is 16.7 Å². The van der Waals surface area contributed by atoms with Gasteiger partial charge in [-0.15, -0.1) is 0 Å². The van der Waals surface area contributed by atoms with Crippen LogP contribution in [0.3, 0.4) is 0 Å². The van der Waals surface area contributed by atoms with Crippen LogP contribution >= 0.6 is 15.9 Å². The van der Waals surface area contributed by atoms with Gasteiger partial charge in [-0.25, -0.2) is 12.7 Å². The lowest BCUT2D eigenvalue weighted by molar-refractivity contribution is -0.123. The zero-order valence-electron chi connectivity index (χ0n) is 11.6. The summed E-state index contributed by atoms with van der Waals surface area (Å²) in [5, 5.41) is 0. The van der Waals surface area contributed by atoms with Crippen molar-refractivity contribution < 1.29 is 13.2 Å². The van der Waals surface area contributed by atoms with E-state index in [9.17, 15) is 13.2 Å². The maximum Gasteiger partial charge on any atom is 0.267 e. The number of amides is 1. The van der Waals surface area contributed by atoms with E-state index < -0.39 is 10.0 Å². The minimum atomic E-state index is -3.75. The fraction of sp³-hybridized carbons (Fsp3) is 0.500. The van der Waals surface area contributed by atoms with Gasteiger partial charge in [0.25, 0.3) is 10.0 Å². The molecule has 1 unspecified atom stereocenters. The summed E-state index contributed by atoms with van der Waals surface area (Å²) in [6.45, 7) is 4.23. The van der Waals surface area contributed by atoms with Crippen molar-refractivity contribution in [3.8, 4) is 0 Å². The van der Waals surface area contributed by atoms with Crippen molar-refractivity contribution in [2.75, 3.05) is 6.54 Å². The van der Waals surface area contributed by atoms with E-state index in [1.54, 1.807) is 18.2 Å². The number of hydrogen-bond donors (Lipinski definition) is 0. The molecule has 1 heterocycles. The predicted molar refractivity (Wildman–Crippen MR) is 80.8 cm³/mol. The van der Waals surface area contributed by atoms with Crippen molar-refractivity contribution >= 4 is 31.9 Å². The van der Waals surface area contributed by atoms with Crippen LogP contribution in [0.15, 0.2) is 27.6 Å². The Morgan fingerprint density at radius 3 is 2.70 bits per heavy atom. The highest BCUT2D eigenvalue weighted by molar-refractivity contribution is 9.10. The molecule has 20 heavy (non-hydrogen) atoms. The second-order valence-electron chi connectivity index (χ2n) is 5.22. The van der Waals surface area contributed by atoms with Crippen LogP contribution in [0.5, 0.6) is 0 Å². The lowest BCUT2D eigenvalue weighted by Gasteiger charge is -2.18. The quantitative estimate of drug-likeness (QED) is 0.829. The van der Waals surface area contributed by atoms with E-state index in [0.29, 0.717) is 17.4 Å². The third-order valence-corrected chi connectivity index (χ3v) is 6.28. The maximum atomic E-state index is 12.6. The second-order valence-corrected chi connectivity index (χ2v) is 7.91. The molecule has 0 spiro atoms. The van der Waals surface area contributed by atoms with E-state index in [1.165, 1.54) is 0 Å². The van der Waals surface area contributed by atoms with Crippen molar-refractivity contribution in [1.29, 1.82) is 0 Å². The summed E-state index contributed by atoms with van der Waals surface area (Å²) in [5.41, 5.74) is 0.965. The number of halogens is 1. The average Bonchev–Trinajstić information content (AvgIpc) is 2.71. The third-order valence-electron chi connectivity index (χ3n) is 3.52. The van der Waals surface area contributed by atoms with Gasteiger partial charge in [0.15, 0.2) is 0 Å². The van der Waals surface area contributed by atoms with Crippen LogP contribution in [-0.2, 0) is 14.8 Å². The molecule has 1 aliphatic heterocycles. The van der Waals surface area contributed by atoms with Crippen LogP contribution in [0.25, 0.3) is 0 Å². The lowest BCUT2D eigenvalue weighted by atomic mass is 10.0. The van der Waals surface area contributed by atoms with Crippen LogP contribution in [0, 0.1) is 12.8 Å². The first kappa shape index (κ1) is 15.5. The Labute approximate surface area is 128 Å². The molecule has 1 atom stereocenters. The summed E-state index contributed by atoms with van der Waals surface area (Å²) in [4.78, 5) is 12.1. The first-order valence-corrected chi connectivity index (χ1v) is 8.91. The highest BCUT2D eigenvalue weighted by Gasteiger charge is 2.38. The smallest absolute Gasteiger partial charge is 0.267 e. The van der Waals surface area contributed by atoms with Crippen LogP contribution in [-0.4, -0.2) is 25.2 Å². The molecule has 110 valence electrons. The molecule has 0 N–H and O–H groups in total. The Morgan fingerprint density at radius 2 is 2.10 bits per heavy atom. The van der Waals surface area contributed by atoms with Gasteiger partial charge >= 0.3 is 0 Å². The van der Waals surface area contributed by atoms with Gasteiger partial charge in [0.1, 0.15) is 4.90 Å². The molecule has 4 nitrogen and oxygen atoms in total. The molecule has 1 aliphatic rings. The number of nitrogens with zero attached hydrogens (tertiary/aromatic N) is 1. The zero-order valence-corrected chi connectivity index (χ0v) is 14.0. The number of benzene rings is 1. The topological polar surface area (TPSA) is 54.5 Å². The Hall–Kier alpha value is -0.880. The van der Waals surface area contributed by atoms with Gasteiger partial charge in [0.2, 0.25) is 5.91 Å². The van der Waals surface area contributed by atoms with Gasteiger partial charge in [-0.3, -0.25) is 4.79 Å². The second kappa shape index (κ2) is 5.85. The van der Waals surface area contributed by atoms with E-state index in [0.717, 1.165) is 22.7 Å². The Kier molecular flexibility index (Phi) is 4.54. The van der Waals surface area contributed by atoms with Gasteiger partial charge < -0.3 is 0 Å².